The zero-order chi connectivity index (χ0) is 10.7. The van der Waals surface area contributed by atoms with E-state index in [1.54, 1.807) is 0 Å². The molecule has 0 aliphatic carbocycles. The Hall–Kier alpha value is -0.900. The van der Waals surface area contributed by atoms with Crippen molar-refractivity contribution >= 4 is 0 Å². The second-order valence-electron chi connectivity index (χ2n) is 4.24. The Morgan fingerprint density at radius 3 is 2.60 bits per heavy atom. The van der Waals surface area contributed by atoms with Crippen LogP contribution in [0.2, 0.25) is 0 Å². The van der Waals surface area contributed by atoms with E-state index < -0.39 is 0 Å². The Kier molecular flexibility index (Phi) is 3.36. The smallest absolute Gasteiger partial charge is 0.0334 e. The molecule has 1 aromatic rings. The summed E-state index contributed by atoms with van der Waals surface area (Å²) in [4.78, 5) is 0. The molecule has 2 unspecified atom stereocenters. The lowest BCUT2D eigenvalue weighted by molar-refractivity contribution is 0.369. The Balaban J connectivity index is 2.07. The summed E-state index contributed by atoms with van der Waals surface area (Å²) in [5.74, 6) is 0. The molecule has 1 aromatic carbocycles. The third-order valence-electron chi connectivity index (χ3n) is 3.06. The Labute approximate surface area is 90.8 Å². The van der Waals surface area contributed by atoms with Gasteiger partial charge in [0.1, 0.15) is 0 Å². The molecule has 0 amide bonds. The molecule has 0 radical (unpaired) electrons. The summed E-state index contributed by atoms with van der Waals surface area (Å²) < 4.78 is 0. The molecular weight excluding hydrogens is 186 g/mol. The normalized spacial score (nSPS) is 26.5. The van der Waals surface area contributed by atoms with Crippen LogP contribution < -0.4 is 16.8 Å². The largest absolute Gasteiger partial charge is 0.328 e. The standard InChI is InChI=1S/C12H19N3/c13-8-9-1-3-10(4-2-9)12-7-11(14)5-6-15-12/h1-4,11-12,15H,5-8,13-14H2. The second-order valence-corrected chi connectivity index (χ2v) is 4.24. The third-order valence-corrected chi connectivity index (χ3v) is 3.06. The van der Waals surface area contributed by atoms with E-state index in [0.29, 0.717) is 18.6 Å². The first-order valence-corrected chi connectivity index (χ1v) is 5.57. The van der Waals surface area contributed by atoms with Crippen LogP contribution >= 0.6 is 0 Å². The monoisotopic (exact) mass is 205 g/mol. The van der Waals surface area contributed by atoms with Gasteiger partial charge in [0, 0.05) is 18.6 Å². The van der Waals surface area contributed by atoms with E-state index in [0.717, 1.165) is 19.4 Å². The van der Waals surface area contributed by atoms with Gasteiger partial charge >= 0.3 is 0 Å². The highest BCUT2D eigenvalue weighted by Gasteiger charge is 2.19. The van der Waals surface area contributed by atoms with Gasteiger partial charge in [-0.1, -0.05) is 24.3 Å². The fourth-order valence-corrected chi connectivity index (χ4v) is 2.09. The van der Waals surface area contributed by atoms with Gasteiger partial charge in [-0.25, -0.2) is 0 Å². The van der Waals surface area contributed by atoms with Gasteiger partial charge in [-0.2, -0.15) is 0 Å². The molecule has 1 fully saturated rings. The first-order valence-electron chi connectivity index (χ1n) is 5.57. The van der Waals surface area contributed by atoms with E-state index >= 15 is 0 Å². The molecular formula is C12H19N3. The summed E-state index contributed by atoms with van der Waals surface area (Å²) in [5, 5.41) is 3.49. The van der Waals surface area contributed by atoms with Crippen molar-refractivity contribution in [2.24, 2.45) is 11.5 Å². The molecule has 2 atom stereocenters. The molecule has 1 aliphatic rings. The molecule has 0 bridgehead atoms. The van der Waals surface area contributed by atoms with Crippen LogP contribution in [-0.2, 0) is 6.54 Å². The van der Waals surface area contributed by atoms with Crippen LogP contribution in [0.15, 0.2) is 24.3 Å². The molecule has 82 valence electrons. The van der Waals surface area contributed by atoms with Gasteiger partial charge in [0.05, 0.1) is 0 Å². The van der Waals surface area contributed by atoms with Gasteiger partial charge in [0.25, 0.3) is 0 Å². The fourth-order valence-electron chi connectivity index (χ4n) is 2.09. The highest BCUT2D eigenvalue weighted by atomic mass is 14.9. The van der Waals surface area contributed by atoms with E-state index in [9.17, 15) is 0 Å². The van der Waals surface area contributed by atoms with E-state index in [2.05, 4.69) is 29.6 Å². The number of hydrogen-bond donors (Lipinski definition) is 3. The molecule has 0 saturated carbocycles. The number of nitrogens with two attached hydrogens (primary N) is 2. The lowest BCUT2D eigenvalue weighted by Gasteiger charge is -2.28. The Morgan fingerprint density at radius 1 is 1.27 bits per heavy atom. The third kappa shape index (κ3) is 2.56. The summed E-state index contributed by atoms with van der Waals surface area (Å²) in [5.41, 5.74) is 14.0. The SMILES string of the molecule is NCc1ccc(C2CC(N)CCN2)cc1. The van der Waals surface area contributed by atoms with E-state index in [4.69, 9.17) is 11.5 Å². The highest BCUT2D eigenvalue weighted by molar-refractivity contribution is 5.25. The minimum absolute atomic E-state index is 0.338. The van der Waals surface area contributed by atoms with Gasteiger partial charge < -0.3 is 16.8 Å². The van der Waals surface area contributed by atoms with E-state index in [1.165, 1.54) is 11.1 Å². The van der Waals surface area contributed by atoms with Crippen LogP contribution in [0.4, 0.5) is 0 Å². The minimum atomic E-state index is 0.338. The lowest BCUT2D eigenvalue weighted by atomic mass is 9.94. The Morgan fingerprint density at radius 2 is 2.00 bits per heavy atom. The molecule has 3 nitrogen and oxygen atoms in total. The zero-order valence-electron chi connectivity index (χ0n) is 8.95. The van der Waals surface area contributed by atoms with Crippen molar-refractivity contribution in [3.63, 3.8) is 0 Å². The maximum atomic E-state index is 5.96. The van der Waals surface area contributed by atoms with Crippen LogP contribution in [0.5, 0.6) is 0 Å². The topological polar surface area (TPSA) is 64.1 Å². The number of rotatable bonds is 2. The number of hydrogen-bond acceptors (Lipinski definition) is 3. The molecule has 5 N–H and O–H groups in total. The number of piperidine rings is 1. The zero-order valence-corrected chi connectivity index (χ0v) is 8.95. The fraction of sp³-hybridized carbons (Fsp3) is 0.500. The van der Waals surface area contributed by atoms with Gasteiger partial charge in [0.15, 0.2) is 0 Å². The van der Waals surface area contributed by atoms with Crippen molar-refractivity contribution in [3.05, 3.63) is 35.4 Å². The van der Waals surface area contributed by atoms with Crippen LogP contribution in [0.1, 0.15) is 30.0 Å². The summed E-state index contributed by atoms with van der Waals surface area (Å²) >= 11 is 0. The first kappa shape index (κ1) is 10.6. The van der Waals surface area contributed by atoms with Crippen molar-refractivity contribution in [2.45, 2.75) is 31.5 Å². The Bertz CT molecular complexity index is 307. The van der Waals surface area contributed by atoms with E-state index in [1.807, 2.05) is 0 Å². The summed E-state index contributed by atoms with van der Waals surface area (Å²) in [6.45, 7) is 1.63. The van der Waals surface area contributed by atoms with E-state index in [-0.39, 0.29) is 0 Å². The maximum absolute atomic E-state index is 5.96. The minimum Gasteiger partial charge on any atom is -0.328 e. The molecule has 0 aromatic heterocycles. The van der Waals surface area contributed by atoms with Gasteiger partial charge in [-0.3, -0.25) is 0 Å². The average Bonchev–Trinajstić information content (AvgIpc) is 2.29. The van der Waals surface area contributed by atoms with Crippen molar-refractivity contribution in [1.82, 2.24) is 5.32 Å². The summed E-state index contributed by atoms with van der Waals surface area (Å²) in [6, 6.07) is 9.25. The lowest BCUT2D eigenvalue weighted by Crippen LogP contribution is -2.38. The first-order chi connectivity index (χ1) is 7.29. The predicted octanol–water partition coefficient (Wildman–Crippen LogP) is 0.897. The highest BCUT2D eigenvalue weighted by Crippen LogP contribution is 2.22. The van der Waals surface area contributed by atoms with Crippen molar-refractivity contribution in [2.75, 3.05) is 6.54 Å². The summed E-state index contributed by atoms with van der Waals surface area (Å²) in [6.07, 6.45) is 2.11. The van der Waals surface area contributed by atoms with Crippen molar-refractivity contribution < 1.29 is 0 Å². The quantitative estimate of drug-likeness (QED) is 0.672. The second kappa shape index (κ2) is 4.75. The van der Waals surface area contributed by atoms with Gasteiger partial charge in [0.2, 0.25) is 0 Å². The van der Waals surface area contributed by atoms with Gasteiger partial charge in [-0.05, 0) is 30.5 Å². The predicted molar refractivity (Wildman–Crippen MR) is 62.3 cm³/mol. The maximum Gasteiger partial charge on any atom is 0.0334 e. The van der Waals surface area contributed by atoms with Crippen LogP contribution in [0.3, 0.4) is 0 Å². The van der Waals surface area contributed by atoms with Crippen molar-refractivity contribution in [1.29, 1.82) is 0 Å². The molecule has 1 aliphatic heterocycles. The van der Waals surface area contributed by atoms with Crippen LogP contribution in [0, 0.1) is 0 Å². The number of benzene rings is 1. The molecule has 1 heterocycles. The molecule has 2 rings (SSSR count). The van der Waals surface area contributed by atoms with Crippen LogP contribution in [-0.4, -0.2) is 12.6 Å². The summed E-state index contributed by atoms with van der Waals surface area (Å²) in [7, 11) is 0. The van der Waals surface area contributed by atoms with Crippen molar-refractivity contribution in [3.8, 4) is 0 Å². The molecule has 3 heteroatoms. The molecule has 15 heavy (non-hydrogen) atoms. The molecule has 0 spiro atoms. The molecule has 1 saturated heterocycles. The van der Waals surface area contributed by atoms with Gasteiger partial charge in [-0.15, -0.1) is 0 Å². The average molecular weight is 205 g/mol. The van der Waals surface area contributed by atoms with Crippen LogP contribution in [0.25, 0.3) is 0 Å². The number of nitrogens with one attached hydrogen (secondary N) is 1.